The summed E-state index contributed by atoms with van der Waals surface area (Å²) < 4.78 is 24.3. The molecule has 3 aliphatic carbocycles. The van der Waals surface area contributed by atoms with Gasteiger partial charge in [0.05, 0.1) is 30.8 Å². The zero-order chi connectivity index (χ0) is 32.6. The Balaban J connectivity index is 1.33. The van der Waals surface area contributed by atoms with Crippen molar-refractivity contribution >= 4 is 5.91 Å². The molecule has 0 bridgehead atoms. The average molecular weight is 648 g/mol. The smallest absolute Gasteiger partial charge is 0.252 e. The van der Waals surface area contributed by atoms with Crippen molar-refractivity contribution in [3.63, 3.8) is 0 Å². The number of carbonyl (C=O) groups excluding carboxylic acids is 1. The van der Waals surface area contributed by atoms with Crippen molar-refractivity contribution < 1.29 is 49.3 Å². The molecule has 0 radical (unpaired) electrons. The van der Waals surface area contributed by atoms with Gasteiger partial charge in [-0.3, -0.25) is 4.79 Å². The van der Waals surface area contributed by atoms with E-state index in [1.165, 1.54) is 0 Å². The van der Waals surface area contributed by atoms with Gasteiger partial charge >= 0.3 is 0 Å². The molecule has 2 heterocycles. The van der Waals surface area contributed by atoms with Gasteiger partial charge in [-0.1, -0.05) is 0 Å². The largest absolute Gasteiger partial charge is 0.394 e. The number of aliphatic hydroxyl groups excluding tert-OH is 4. The van der Waals surface area contributed by atoms with Crippen LogP contribution in [0, 0.1) is 5.92 Å². The van der Waals surface area contributed by atoms with Gasteiger partial charge in [0.15, 0.2) is 12.6 Å². The van der Waals surface area contributed by atoms with E-state index in [0.717, 1.165) is 25.8 Å². The van der Waals surface area contributed by atoms with Crippen LogP contribution in [0.2, 0.25) is 0 Å². The van der Waals surface area contributed by atoms with Crippen molar-refractivity contribution in [2.45, 2.75) is 142 Å². The fourth-order valence-corrected chi connectivity index (χ4v) is 7.20. The quantitative estimate of drug-likeness (QED) is 0.0993. The van der Waals surface area contributed by atoms with E-state index in [-0.39, 0.29) is 50.0 Å². The van der Waals surface area contributed by atoms with Gasteiger partial charge in [0.2, 0.25) is 0 Å². The van der Waals surface area contributed by atoms with Gasteiger partial charge in [0.1, 0.15) is 42.2 Å². The van der Waals surface area contributed by atoms with Crippen molar-refractivity contribution in [3.05, 3.63) is 0 Å². The van der Waals surface area contributed by atoms with Gasteiger partial charge in [-0.15, -0.1) is 0 Å². The molecule has 17 nitrogen and oxygen atoms in total. The van der Waals surface area contributed by atoms with Crippen LogP contribution in [0.15, 0.2) is 0 Å². The average Bonchev–Trinajstić information content (AvgIpc) is 2.98. The molecular formula is C28H53N7O10. The molecule has 2 aliphatic heterocycles. The lowest BCUT2D eigenvalue weighted by Gasteiger charge is -2.49. The molecule has 3 saturated carbocycles. The van der Waals surface area contributed by atoms with Gasteiger partial charge in [0.25, 0.3) is 5.91 Å². The van der Waals surface area contributed by atoms with Crippen molar-refractivity contribution in [2.24, 2.45) is 34.6 Å². The first kappa shape index (κ1) is 35.2. The molecule has 5 aliphatic rings. The highest BCUT2D eigenvalue weighted by atomic mass is 16.7. The lowest BCUT2D eigenvalue weighted by atomic mass is 9.75. The summed E-state index contributed by atoms with van der Waals surface area (Å²) in [5.41, 5.74) is 28.5. The summed E-state index contributed by atoms with van der Waals surface area (Å²) in [5, 5.41) is 59.5. The Hall–Kier alpha value is -1.13. The predicted molar refractivity (Wildman–Crippen MR) is 158 cm³/mol. The van der Waals surface area contributed by atoms with Crippen molar-refractivity contribution in [3.8, 4) is 0 Å². The first-order valence-electron chi connectivity index (χ1n) is 16.1. The minimum absolute atomic E-state index is 0.0479. The monoisotopic (exact) mass is 647 g/mol. The maximum Gasteiger partial charge on any atom is 0.252 e. The standard InChI is InChI=1S/C28H53N7O10/c29-8-14-1-2-16(34-9-11-3-12(30)4-11)25(42-14)44-23-15(32)5-17(35-27(40)28(41)6-13(31)7-28)24(22(23)39)45-26-21(38)19(33)20(37)18(10-36)43-26/h11-26,34,36-39,41H,1-10,29-33H2,(H,35,40)/t11?,12?,13?,14-,15-,16+,17+,18+,19-,20+,21+,22-,23?,24-,25+,26+,28?/m0/s1. The second-order valence-electron chi connectivity index (χ2n) is 13.7. The van der Waals surface area contributed by atoms with Crippen LogP contribution in [-0.4, -0.2) is 148 Å². The molecule has 13 atom stereocenters. The summed E-state index contributed by atoms with van der Waals surface area (Å²) in [6.45, 7) is 0.404. The van der Waals surface area contributed by atoms with E-state index < -0.39 is 85.4 Å². The lowest BCUT2D eigenvalue weighted by molar-refractivity contribution is -0.314. The first-order chi connectivity index (χ1) is 21.3. The van der Waals surface area contributed by atoms with Crippen molar-refractivity contribution in [1.82, 2.24) is 10.6 Å². The molecule has 2 saturated heterocycles. The summed E-state index contributed by atoms with van der Waals surface area (Å²) in [4.78, 5) is 13.1. The maximum absolute atomic E-state index is 13.1. The molecule has 260 valence electrons. The Kier molecular flexibility index (Phi) is 11.4. The molecule has 17 N–H and O–H groups in total. The highest BCUT2D eigenvalue weighted by Gasteiger charge is 2.53. The summed E-state index contributed by atoms with van der Waals surface area (Å²) in [6.07, 6.45) is -7.01. The normalized spacial score (nSPS) is 50.4. The Morgan fingerprint density at radius 3 is 2.18 bits per heavy atom. The second kappa shape index (κ2) is 14.6. The summed E-state index contributed by atoms with van der Waals surface area (Å²) in [7, 11) is 0. The van der Waals surface area contributed by atoms with Gasteiger partial charge in [0, 0.05) is 37.5 Å². The molecule has 5 fully saturated rings. The molecule has 0 spiro atoms. The molecule has 1 amide bonds. The Labute approximate surface area is 262 Å². The van der Waals surface area contributed by atoms with E-state index in [1.54, 1.807) is 0 Å². The van der Waals surface area contributed by atoms with Crippen LogP contribution in [0.1, 0.15) is 44.9 Å². The molecule has 5 rings (SSSR count). The third-order valence-electron chi connectivity index (χ3n) is 10.1. The van der Waals surface area contributed by atoms with E-state index in [0.29, 0.717) is 12.3 Å². The van der Waals surface area contributed by atoms with E-state index in [4.69, 9.17) is 47.6 Å². The predicted octanol–water partition coefficient (Wildman–Crippen LogP) is -5.89. The Morgan fingerprint density at radius 2 is 1.56 bits per heavy atom. The summed E-state index contributed by atoms with van der Waals surface area (Å²) in [6, 6.07) is -3.34. The number of hydrogen-bond acceptors (Lipinski definition) is 16. The fraction of sp³-hybridized carbons (Fsp3) is 0.964. The van der Waals surface area contributed by atoms with Crippen LogP contribution in [0.5, 0.6) is 0 Å². The third-order valence-corrected chi connectivity index (χ3v) is 10.1. The number of nitrogens with two attached hydrogens (primary N) is 5. The maximum atomic E-state index is 13.1. The zero-order valence-corrected chi connectivity index (χ0v) is 25.5. The zero-order valence-electron chi connectivity index (χ0n) is 25.5. The van der Waals surface area contributed by atoms with Gasteiger partial charge in [-0.05, 0) is 44.6 Å². The number of aliphatic hydroxyl groups is 5. The molecule has 0 aromatic rings. The SMILES string of the molecule is NC[C@@H]1CC[C@@H](NCC2CC(N)C2)[C@@H](OC2[C@@H](N)C[C@@H](NC(=O)C3(O)CC(N)C3)[C@H](O[C@H]3O[C@H](CO)[C@@H](O)[C@H](N)[C@H]3O)[C@H]2O)O1. The molecule has 17 heteroatoms. The minimum Gasteiger partial charge on any atom is -0.394 e. The van der Waals surface area contributed by atoms with Gasteiger partial charge in [-0.2, -0.15) is 0 Å². The first-order valence-corrected chi connectivity index (χ1v) is 16.1. The molecule has 0 aromatic carbocycles. The Bertz CT molecular complexity index is 989. The molecule has 1 unspecified atom stereocenters. The second-order valence-corrected chi connectivity index (χ2v) is 13.7. The molecule has 45 heavy (non-hydrogen) atoms. The van der Waals surface area contributed by atoms with Crippen LogP contribution < -0.4 is 39.3 Å². The van der Waals surface area contributed by atoms with E-state index in [9.17, 15) is 30.3 Å². The number of hydrogen-bond donors (Lipinski definition) is 12. The number of carbonyl (C=O) groups is 1. The van der Waals surface area contributed by atoms with E-state index >= 15 is 0 Å². The van der Waals surface area contributed by atoms with Crippen LogP contribution >= 0.6 is 0 Å². The Morgan fingerprint density at radius 1 is 0.867 bits per heavy atom. The number of rotatable bonds is 11. The van der Waals surface area contributed by atoms with Crippen molar-refractivity contribution in [2.75, 3.05) is 19.7 Å². The summed E-state index contributed by atoms with van der Waals surface area (Å²) in [5.74, 6) is -0.249. The van der Waals surface area contributed by atoms with Crippen LogP contribution in [-0.2, 0) is 23.7 Å². The van der Waals surface area contributed by atoms with Gasteiger partial charge < -0.3 is 83.8 Å². The van der Waals surface area contributed by atoms with E-state index in [1.807, 2.05) is 0 Å². The molecule has 0 aromatic heterocycles. The highest BCUT2D eigenvalue weighted by molar-refractivity contribution is 5.86. The van der Waals surface area contributed by atoms with Crippen molar-refractivity contribution in [1.29, 1.82) is 0 Å². The van der Waals surface area contributed by atoms with Crippen LogP contribution in [0.25, 0.3) is 0 Å². The highest BCUT2D eigenvalue weighted by Crippen LogP contribution is 2.35. The van der Waals surface area contributed by atoms with Gasteiger partial charge in [-0.25, -0.2) is 0 Å². The number of amides is 1. The summed E-state index contributed by atoms with van der Waals surface area (Å²) >= 11 is 0. The third kappa shape index (κ3) is 7.63. The number of ether oxygens (including phenoxy) is 4. The fourth-order valence-electron chi connectivity index (χ4n) is 7.20. The lowest BCUT2D eigenvalue weighted by Crippen LogP contribution is -2.70. The van der Waals surface area contributed by atoms with Crippen LogP contribution in [0.4, 0.5) is 0 Å². The van der Waals surface area contributed by atoms with Crippen LogP contribution in [0.3, 0.4) is 0 Å². The minimum atomic E-state index is -1.68. The molecular weight excluding hydrogens is 594 g/mol. The van der Waals surface area contributed by atoms with E-state index in [2.05, 4.69) is 10.6 Å². The topological polar surface area (TPSA) is 309 Å². The number of nitrogens with one attached hydrogen (secondary N) is 2.